The second-order valence-corrected chi connectivity index (χ2v) is 6.67. The largest absolute Gasteiger partial charge is 0.394 e. The van der Waals surface area contributed by atoms with Crippen LogP contribution >= 0.6 is 0 Å². The lowest BCUT2D eigenvalue weighted by Crippen LogP contribution is -2.10. The van der Waals surface area contributed by atoms with E-state index in [1.165, 1.54) is 21.5 Å². The summed E-state index contributed by atoms with van der Waals surface area (Å²) in [5.41, 5.74) is 5.90. The zero-order valence-corrected chi connectivity index (χ0v) is 14.3. The van der Waals surface area contributed by atoms with E-state index in [-0.39, 0.29) is 0 Å². The second-order valence-electron chi connectivity index (χ2n) is 5.77. The molecule has 0 aromatic heterocycles. The van der Waals surface area contributed by atoms with E-state index in [2.05, 4.69) is 36.4 Å². The molecule has 0 aliphatic rings. The third kappa shape index (κ3) is 4.15. The molecule has 0 bridgehead atoms. The van der Waals surface area contributed by atoms with Crippen LogP contribution in [-0.4, -0.2) is 23.4 Å². The predicted octanol–water partition coefficient (Wildman–Crippen LogP) is 3.59. The van der Waals surface area contributed by atoms with Crippen LogP contribution in [0.15, 0.2) is 66.7 Å². The van der Waals surface area contributed by atoms with Crippen molar-refractivity contribution in [1.29, 1.82) is 0 Å². The summed E-state index contributed by atoms with van der Waals surface area (Å²) in [6, 6.07) is 22.6. The lowest BCUT2D eigenvalue weighted by Gasteiger charge is -2.06. The molecule has 0 heterocycles. The maximum absolute atomic E-state index is 11.3. The Morgan fingerprint density at radius 1 is 0.692 bits per heavy atom. The van der Waals surface area contributed by atoms with Crippen LogP contribution < -0.4 is 5.73 Å². The minimum Gasteiger partial charge on any atom is -0.366 e. The molecule has 4 aromatic rings. The van der Waals surface area contributed by atoms with E-state index in [0.29, 0.717) is 5.56 Å². The first-order valence-corrected chi connectivity index (χ1v) is 8.96. The molecule has 26 heavy (non-hydrogen) atoms. The van der Waals surface area contributed by atoms with E-state index in [4.69, 9.17) is 23.3 Å². The van der Waals surface area contributed by atoms with E-state index in [1.807, 2.05) is 24.3 Å². The Morgan fingerprint density at radius 2 is 1.08 bits per heavy atom. The maximum Gasteiger partial charge on any atom is 0.394 e. The summed E-state index contributed by atoms with van der Waals surface area (Å²) in [6.07, 6.45) is 0. The first kappa shape index (κ1) is 17.8. The van der Waals surface area contributed by atoms with Crippen LogP contribution in [0, 0.1) is 0 Å². The maximum atomic E-state index is 11.3. The third-order valence-electron chi connectivity index (χ3n) is 3.94. The van der Waals surface area contributed by atoms with Gasteiger partial charge in [0.15, 0.2) is 0 Å². The molecule has 0 aliphatic heterocycles. The number of hydrogen-bond acceptors (Lipinski definition) is 3. The van der Waals surface area contributed by atoms with Gasteiger partial charge in [-0.1, -0.05) is 30.3 Å². The fraction of sp³-hybridized carbons (Fsp3) is 0. The molecule has 4 aromatic carbocycles. The molecular formula is C19H15NO5S. The van der Waals surface area contributed by atoms with Crippen molar-refractivity contribution in [3.8, 4) is 0 Å². The third-order valence-corrected chi connectivity index (χ3v) is 3.94. The molecule has 0 saturated carbocycles. The average molecular weight is 369 g/mol. The Labute approximate surface area is 149 Å². The highest BCUT2D eigenvalue weighted by Gasteiger charge is 2.04. The van der Waals surface area contributed by atoms with Crippen LogP contribution in [0.25, 0.3) is 32.3 Å². The molecule has 0 saturated heterocycles. The number of rotatable bonds is 1. The Morgan fingerprint density at radius 3 is 1.54 bits per heavy atom. The molecular weight excluding hydrogens is 354 g/mol. The van der Waals surface area contributed by atoms with Gasteiger partial charge in [0.2, 0.25) is 5.91 Å². The number of hydrogen-bond donors (Lipinski definition) is 3. The van der Waals surface area contributed by atoms with Crippen molar-refractivity contribution in [2.45, 2.75) is 0 Å². The van der Waals surface area contributed by atoms with Crippen molar-refractivity contribution in [3.05, 3.63) is 72.3 Å². The summed E-state index contributed by atoms with van der Waals surface area (Å²) in [4.78, 5) is 11.3. The molecule has 0 unspecified atom stereocenters. The first-order valence-electron chi connectivity index (χ1n) is 7.57. The van der Waals surface area contributed by atoms with Crippen LogP contribution in [0.4, 0.5) is 0 Å². The normalized spacial score (nSPS) is 11.3. The quantitative estimate of drug-likeness (QED) is 0.350. The number of benzene rings is 4. The molecule has 7 heteroatoms. The van der Waals surface area contributed by atoms with Gasteiger partial charge in [0, 0.05) is 5.56 Å². The van der Waals surface area contributed by atoms with Gasteiger partial charge >= 0.3 is 10.4 Å². The Bertz CT molecular complexity index is 1240. The van der Waals surface area contributed by atoms with Gasteiger partial charge in [-0.05, 0) is 68.7 Å². The SMILES string of the molecule is NC(=O)c1ccc2cc3cc4ccccc4cc3cc2c1.O=S(=O)(O)O. The van der Waals surface area contributed by atoms with Gasteiger partial charge in [-0.25, -0.2) is 0 Å². The predicted molar refractivity (Wildman–Crippen MR) is 102 cm³/mol. The summed E-state index contributed by atoms with van der Waals surface area (Å²) in [6.45, 7) is 0. The van der Waals surface area contributed by atoms with Gasteiger partial charge in [0.1, 0.15) is 0 Å². The summed E-state index contributed by atoms with van der Waals surface area (Å²) < 4.78 is 31.6. The number of fused-ring (bicyclic) bond motifs is 3. The highest BCUT2D eigenvalue weighted by Crippen LogP contribution is 2.27. The van der Waals surface area contributed by atoms with Gasteiger partial charge < -0.3 is 5.73 Å². The lowest BCUT2D eigenvalue weighted by atomic mass is 9.98. The van der Waals surface area contributed by atoms with E-state index in [0.717, 1.165) is 10.8 Å². The van der Waals surface area contributed by atoms with Gasteiger partial charge in [-0.2, -0.15) is 8.42 Å². The summed E-state index contributed by atoms with van der Waals surface area (Å²) in [5.74, 6) is -0.393. The fourth-order valence-electron chi connectivity index (χ4n) is 2.85. The zero-order valence-electron chi connectivity index (χ0n) is 13.5. The summed E-state index contributed by atoms with van der Waals surface area (Å²) in [5, 5.41) is 6.97. The van der Waals surface area contributed by atoms with E-state index < -0.39 is 16.3 Å². The van der Waals surface area contributed by atoms with Crippen LogP contribution in [0.3, 0.4) is 0 Å². The van der Waals surface area contributed by atoms with Crippen molar-refractivity contribution in [2.75, 3.05) is 0 Å². The van der Waals surface area contributed by atoms with Gasteiger partial charge in [-0.3, -0.25) is 13.9 Å². The van der Waals surface area contributed by atoms with Crippen LogP contribution in [0.1, 0.15) is 10.4 Å². The highest BCUT2D eigenvalue weighted by molar-refractivity contribution is 7.79. The highest BCUT2D eigenvalue weighted by atomic mass is 32.3. The molecule has 4 rings (SSSR count). The number of nitrogens with two attached hydrogens (primary N) is 1. The van der Waals surface area contributed by atoms with Crippen molar-refractivity contribution in [1.82, 2.24) is 0 Å². The minimum atomic E-state index is -4.67. The summed E-state index contributed by atoms with van der Waals surface area (Å²) in [7, 11) is -4.67. The molecule has 4 N–H and O–H groups in total. The summed E-state index contributed by atoms with van der Waals surface area (Å²) >= 11 is 0. The average Bonchev–Trinajstić information content (AvgIpc) is 2.56. The van der Waals surface area contributed by atoms with Gasteiger partial charge in [0.05, 0.1) is 0 Å². The van der Waals surface area contributed by atoms with Crippen molar-refractivity contribution >= 4 is 48.6 Å². The number of carbonyl (C=O) groups is 1. The number of primary amides is 1. The van der Waals surface area contributed by atoms with E-state index >= 15 is 0 Å². The van der Waals surface area contributed by atoms with Crippen LogP contribution in [0.5, 0.6) is 0 Å². The minimum absolute atomic E-state index is 0.393. The van der Waals surface area contributed by atoms with Gasteiger partial charge in [-0.15, -0.1) is 0 Å². The molecule has 132 valence electrons. The first-order chi connectivity index (χ1) is 12.2. The molecule has 0 atom stereocenters. The second kappa shape index (κ2) is 6.72. The van der Waals surface area contributed by atoms with Crippen molar-refractivity contribution in [2.24, 2.45) is 5.73 Å². The lowest BCUT2D eigenvalue weighted by molar-refractivity contribution is 0.100. The number of carbonyl (C=O) groups excluding carboxylic acids is 1. The van der Waals surface area contributed by atoms with Gasteiger partial charge in [0.25, 0.3) is 0 Å². The van der Waals surface area contributed by atoms with Crippen molar-refractivity contribution < 1.29 is 22.3 Å². The van der Waals surface area contributed by atoms with E-state index in [9.17, 15) is 4.79 Å². The zero-order chi connectivity index (χ0) is 18.9. The fourth-order valence-corrected chi connectivity index (χ4v) is 2.85. The molecule has 6 nitrogen and oxygen atoms in total. The van der Waals surface area contributed by atoms with E-state index in [1.54, 1.807) is 6.07 Å². The molecule has 0 radical (unpaired) electrons. The molecule has 0 aliphatic carbocycles. The Balaban J connectivity index is 0.000000349. The monoisotopic (exact) mass is 369 g/mol. The van der Waals surface area contributed by atoms with Crippen molar-refractivity contribution in [3.63, 3.8) is 0 Å². The van der Waals surface area contributed by atoms with Crippen LogP contribution in [0.2, 0.25) is 0 Å². The molecule has 0 fully saturated rings. The van der Waals surface area contributed by atoms with Crippen LogP contribution in [-0.2, 0) is 10.4 Å². The standard InChI is InChI=1S/C19H13NO.H2O4S/c20-19(21)15-6-5-14-9-17-7-12-3-1-2-4-13(12)8-18(17)11-16(14)10-15;1-5(2,3)4/h1-11H,(H2,20,21);(H2,1,2,3,4). The smallest absolute Gasteiger partial charge is 0.366 e. The Hall–Kier alpha value is -3.00. The molecule has 1 amide bonds. The Kier molecular flexibility index (Phi) is 4.60. The topological polar surface area (TPSA) is 118 Å². The number of amides is 1. The molecule has 0 spiro atoms.